The number of nitrogens with one attached hydrogen (secondary N) is 4. The molecule has 2 heterocycles. The summed E-state index contributed by atoms with van der Waals surface area (Å²) in [5.74, 6) is -0.790. The van der Waals surface area contributed by atoms with E-state index < -0.39 is 5.91 Å². The van der Waals surface area contributed by atoms with Crippen LogP contribution in [0.2, 0.25) is 0 Å². The third-order valence-electron chi connectivity index (χ3n) is 4.23. The summed E-state index contributed by atoms with van der Waals surface area (Å²) in [6.45, 7) is 3.84. The third kappa shape index (κ3) is 4.77. The van der Waals surface area contributed by atoms with Gasteiger partial charge in [0.15, 0.2) is 5.11 Å². The molecule has 8 nitrogen and oxygen atoms in total. The minimum absolute atomic E-state index is 0.210. The molecule has 4 N–H and O–H groups in total. The van der Waals surface area contributed by atoms with Crippen LogP contribution in [-0.2, 0) is 9.53 Å². The van der Waals surface area contributed by atoms with Gasteiger partial charge in [0.1, 0.15) is 0 Å². The Morgan fingerprint density at radius 1 is 1.19 bits per heavy atom. The first-order chi connectivity index (χ1) is 12.6. The Balaban J connectivity index is 1.48. The number of nitrogens with zero attached hydrogens (tertiary/aromatic N) is 1. The fourth-order valence-electron chi connectivity index (χ4n) is 2.83. The summed E-state index contributed by atoms with van der Waals surface area (Å²) in [4.78, 5) is 14.3. The summed E-state index contributed by atoms with van der Waals surface area (Å²) in [6, 6.07) is 7.86. The average molecular weight is 376 g/mol. The van der Waals surface area contributed by atoms with E-state index >= 15 is 0 Å². The average Bonchev–Trinajstić information content (AvgIpc) is 2.68. The van der Waals surface area contributed by atoms with Crippen molar-refractivity contribution in [2.75, 3.05) is 43.1 Å². The zero-order valence-electron chi connectivity index (χ0n) is 14.3. The maximum Gasteiger partial charge on any atom is 0.266 e. The van der Waals surface area contributed by atoms with Crippen molar-refractivity contribution in [3.05, 3.63) is 35.7 Å². The van der Waals surface area contributed by atoms with E-state index in [-0.39, 0.29) is 16.6 Å². The van der Waals surface area contributed by atoms with Gasteiger partial charge in [-0.2, -0.15) is 0 Å². The van der Waals surface area contributed by atoms with E-state index in [1.807, 2.05) is 24.3 Å². The molecule has 140 valence electrons. The number of ether oxygens (including phenoxy) is 1. The van der Waals surface area contributed by atoms with Crippen LogP contribution in [0.1, 0.15) is 12.8 Å². The van der Waals surface area contributed by atoms with E-state index in [4.69, 9.17) is 17.0 Å². The van der Waals surface area contributed by atoms with E-state index in [1.165, 1.54) is 0 Å². The molecule has 2 aliphatic rings. The molecule has 1 saturated heterocycles. The summed E-state index contributed by atoms with van der Waals surface area (Å²) in [5.41, 5.74) is 7.22. The van der Waals surface area contributed by atoms with Gasteiger partial charge in [0.05, 0.1) is 13.2 Å². The van der Waals surface area contributed by atoms with Crippen LogP contribution in [0.4, 0.5) is 11.4 Å². The number of morpholine rings is 1. The van der Waals surface area contributed by atoms with E-state index in [2.05, 4.69) is 26.4 Å². The highest BCUT2D eigenvalue weighted by molar-refractivity contribution is 7.80. The minimum Gasteiger partial charge on any atom is -0.860 e. The first kappa shape index (κ1) is 18.3. The van der Waals surface area contributed by atoms with Crippen LogP contribution in [0, 0.1) is 0 Å². The Kier molecular flexibility index (Phi) is 6.13. The van der Waals surface area contributed by atoms with Crippen LogP contribution in [0.25, 0.3) is 0 Å². The summed E-state index contributed by atoms with van der Waals surface area (Å²) < 4.78 is 5.35. The number of carbonyl (C=O) groups is 1. The molecule has 0 aromatic heterocycles. The minimum atomic E-state index is -0.464. The van der Waals surface area contributed by atoms with Crippen molar-refractivity contribution in [2.24, 2.45) is 0 Å². The second-order valence-electron chi connectivity index (χ2n) is 6.02. The number of benzene rings is 1. The molecule has 0 radical (unpaired) electrons. The molecule has 0 unspecified atom stereocenters. The first-order valence-corrected chi connectivity index (χ1v) is 8.98. The lowest BCUT2D eigenvalue weighted by molar-refractivity contribution is -0.314. The van der Waals surface area contributed by atoms with Crippen molar-refractivity contribution in [1.82, 2.24) is 16.2 Å². The number of hydrazine groups is 1. The standard InChI is InChI=1S/C17H23N5O3S/c23-15-14(2-1-7-18-15)16(24)20-21-17(26)19-12-3-5-13(6-4-12)22-8-10-25-11-9-22/h3-6,18,23H,1-2,7-11H2,(H,20,24)(H2,19,21,26)/p-1. The van der Waals surface area contributed by atoms with Crippen molar-refractivity contribution < 1.29 is 14.6 Å². The quantitative estimate of drug-likeness (QED) is 0.425. The number of hydrogen-bond acceptors (Lipinski definition) is 6. The summed E-state index contributed by atoms with van der Waals surface area (Å²) in [6.07, 6.45) is 1.22. The molecule has 0 saturated carbocycles. The number of anilines is 2. The van der Waals surface area contributed by atoms with Gasteiger partial charge in [-0.15, -0.1) is 0 Å². The van der Waals surface area contributed by atoms with E-state index in [0.717, 1.165) is 44.1 Å². The van der Waals surface area contributed by atoms with Gasteiger partial charge >= 0.3 is 0 Å². The second-order valence-corrected chi connectivity index (χ2v) is 6.43. The Morgan fingerprint density at radius 2 is 1.92 bits per heavy atom. The lowest BCUT2D eigenvalue weighted by atomic mass is 10.1. The Morgan fingerprint density at radius 3 is 2.62 bits per heavy atom. The summed E-state index contributed by atoms with van der Waals surface area (Å²) >= 11 is 5.17. The fourth-order valence-corrected chi connectivity index (χ4v) is 3.00. The van der Waals surface area contributed by atoms with Gasteiger partial charge in [0, 0.05) is 36.6 Å². The molecular formula is C17H22N5O3S-. The van der Waals surface area contributed by atoms with Crippen molar-refractivity contribution >= 4 is 34.6 Å². The van der Waals surface area contributed by atoms with Crippen LogP contribution >= 0.6 is 12.2 Å². The van der Waals surface area contributed by atoms with E-state index in [9.17, 15) is 9.90 Å². The first-order valence-electron chi connectivity index (χ1n) is 8.57. The maximum atomic E-state index is 12.0. The predicted molar refractivity (Wildman–Crippen MR) is 101 cm³/mol. The maximum absolute atomic E-state index is 12.0. The Labute approximate surface area is 157 Å². The van der Waals surface area contributed by atoms with Gasteiger partial charge in [0.25, 0.3) is 5.91 Å². The molecule has 1 fully saturated rings. The molecule has 1 aromatic carbocycles. The molecule has 0 spiro atoms. The molecule has 0 aliphatic carbocycles. The molecule has 0 bridgehead atoms. The smallest absolute Gasteiger partial charge is 0.266 e. The van der Waals surface area contributed by atoms with E-state index in [0.29, 0.717) is 13.0 Å². The highest BCUT2D eigenvalue weighted by atomic mass is 32.1. The lowest BCUT2D eigenvalue weighted by Gasteiger charge is -2.29. The number of carbonyl (C=O) groups excluding carboxylic acids is 1. The van der Waals surface area contributed by atoms with Crippen molar-refractivity contribution in [3.8, 4) is 0 Å². The SMILES string of the molecule is O=C(NNC(=S)Nc1ccc(N2CCOCC2)cc1)C1=C([O-])NCCC1. The zero-order chi connectivity index (χ0) is 18.4. The molecular weight excluding hydrogens is 354 g/mol. The van der Waals surface area contributed by atoms with Crippen molar-refractivity contribution in [2.45, 2.75) is 12.8 Å². The number of amides is 1. The molecule has 1 aromatic rings. The lowest BCUT2D eigenvalue weighted by Crippen LogP contribution is -2.46. The van der Waals surface area contributed by atoms with Crippen LogP contribution in [0.15, 0.2) is 35.7 Å². The summed E-state index contributed by atoms with van der Waals surface area (Å²) in [7, 11) is 0. The number of rotatable bonds is 3. The molecule has 0 atom stereocenters. The Hall–Kier alpha value is -2.52. The van der Waals surface area contributed by atoms with Gasteiger partial charge in [-0.1, -0.05) is 0 Å². The van der Waals surface area contributed by atoms with Crippen LogP contribution in [0.5, 0.6) is 0 Å². The zero-order valence-corrected chi connectivity index (χ0v) is 15.2. The third-order valence-corrected chi connectivity index (χ3v) is 4.43. The Bertz CT molecular complexity index is 686. The molecule has 26 heavy (non-hydrogen) atoms. The van der Waals surface area contributed by atoms with E-state index in [1.54, 1.807) is 0 Å². The highest BCUT2D eigenvalue weighted by Crippen LogP contribution is 2.19. The fraction of sp³-hybridized carbons (Fsp3) is 0.412. The number of hydrogen-bond donors (Lipinski definition) is 4. The van der Waals surface area contributed by atoms with Crippen molar-refractivity contribution in [3.63, 3.8) is 0 Å². The van der Waals surface area contributed by atoms with Gasteiger partial charge in [-0.25, -0.2) is 0 Å². The molecule has 3 rings (SSSR count). The van der Waals surface area contributed by atoms with Crippen LogP contribution in [-0.4, -0.2) is 43.9 Å². The topological polar surface area (TPSA) is 101 Å². The van der Waals surface area contributed by atoms with Gasteiger partial charge in [-0.3, -0.25) is 15.6 Å². The van der Waals surface area contributed by atoms with Gasteiger partial charge < -0.3 is 25.4 Å². The second kappa shape index (κ2) is 8.72. The van der Waals surface area contributed by atoms with Gasteiger partial charge in [0.2, 0.25) is 0 Å². The number of thiocarbonyl (C=S) groups is 1. The summed E-state index contributed by atoms with van der Waals surface area (Å²) in [5, 5.41) is 17.5. The monoisotopic (exact) mass is 376 g/mol. The predicted octanol–water partition coefficient (Wildman–Crippen LogP) is -0.204. The normalized spacial score (nSPS) is 17.3. The van der Waals surface area contributed by atoms with Crippen LogP contribution < -0.4 is 31.5 Å². The van der Waals surface area contributed by atoms with Crippen LogP contribution in [0.3, 0.4) is 0 Å². The van der Waals surface area contributed by atoms with Gasteiger partial charge in [-0.05, 0) is 55.2 Å². The highest BCUT2D eigenvalue weighted by Gasteiger charge is 2.14. The molecule has 1 amide bonds. The molecule has 9 heteroatoms. The van der Waals surface area contributed by atoms with Crippen molar-refractivity contribution in [1.29, 1.82) is 0 Å². The molecule has 2 aliphatic heterocycles. The largest absolute Gasteiger partial charge is 0.860 e.